The molecule has 1 atom stereocenters. The second kappa shape index (κ2) is 5.85. The number of H-pyrrole nitrogens is 2. The van der Waals surface area contributed by atoms with Gasteiger partial charge in [0, 0.05) is 0 Å². The molecule has 4 N–H and O–H groups in total. The minimum absolute atomic E-state index is 0.378. The lowest BCUT2D eigenvalue weighted by molar-refractivity contribution is 0.310. The number of nitrogens with one attached hydrogen (secondary N) is 2. The Morgan fingerprint density at radius 3 is 2.74 bits per heavy atom. The molecule has 2 rings (SSSR count). The molecule has 0 aliphatic heterocycles. The number of nitrogens with two attached hydrogens (primary N) is 1. The normalized spacial score (nSPS) is 12.2. The largest absolute Gasteiger partial charge is 0.493 e. The molecule has 0 amide bonds. The summed E-state index contributed by atoms with van der Waals surface area (Å²) < 4.78 is 11.1. The molecule has 0 fully saturated rings. The van der Waals surface area contributed by atoms with Gasteiger partial charge in [0.1, 0.15) is 5.82 Å². The van der Waals surface area contributed by atoms with Crippen molar-refractivity contribution in [2.75, 3.05) is 13.7 Å². The topological polar surface area (TPSA) is 89.0 Å². The average molecular weight is 280 g/mol. The van der Waals surface area contributed by atoms with Crippen LogP contribution in [0, 0.1) is 4.77 Å². The van der Waals surface area contributed by atoms with Gasteiger partial charge in [0.15, 0.2) is 11.5 Å². The molecular formula is C12H16N4O2S. The van der Waals surface area contributed by atoms with Crippen molar-refractivity contribution in [3.05, 3.63) is 34.4 Å². The molecule has 0 aliphatic rings. The second-order valence-electron chi connectivity index (χ2n) is 3.87. The zero-order valence-electron chi connectivity index (χ0n) is 10.8. The van der Waals surface area contributed by atoms with Crippen LogP contribution in [-0.2, 0) is 0 Å². The highest BCUT2D eigenvalue weighted by atomic mass is 32.1. The number of aromatic nitrogens is 3. The van der Waals surface area contributed by atoms with Crippen LogP contribution in [-0.4, -0.2) is 28.9 Å². The van der Waals surface area contributed by atoms with Gasteiger partial charge >= 0.3 is 0 Å². The molecule has 1 unspecified atom stereocenters. The van der Waals surface area contributed by atoms with Crippen LogP contribution < -0.4 is 15.2 Å². The molecule has 6 nitrogen and oxygen atoms in total. The first-order valence-electron chi connectivity index (χ1n) is 5.86. The molecule has 102 valence electrons. The van der Waals surface area contributed by atoms with E-state index in [1.807, 2.05) is 25.1 Å². The van der Waals surface area contributed by atoms with Crippen LogP contribution >= 0.6 is 12.2 Å². The molecule has 19 heavy (non-hydrogen) atoms. The zero-order valence-corrected chi connectivity index (χ0v) is 11.6. The Morgan fingerprint density at radius 2 is 2.16 bits per heavy atom. The molecule has 1 heterocycles. The number of ether oxygens (including phenoxy) is 2. The molecule has 0 saturated heterocycles. The van der Waals surface area contributed by atoms with Crippen molar-refractivity contribution in [1.82, 2.24) is 15.2 Å². The van der Waals surface area contributed by atoms with E-state index < -0.39 is 6.04 Å². The second-order valence-corrected chi connectivity index (χ2v) is 4.26. The van der Waals surface area contributed by atoms with Crippen LogP contribution in [0.4, 0.5) is 0 Å². The van der Waals surface area contributed by atoms with Crippen molar-refractivity contribution < 1.29 is 9.47 Å². The van der Waals surface area contributed by atoms with Gasteiger partial charge in [0.2, 0.25) is 4.77 Å². The standard InChI is InChI=1S/C12H16N4O2S/c1-3-18-8-5-4-7(6-9(8)17-2)10(13)11-14-12(19)16-15-11/h4-6,10H,3,13H2,1-2H3,(H2,14,15,16,19). The van der Waals surface area contributed by atoms with Crippen molar-refractivity contribution in [2.24, 2.45) is 5.73 Å². The first kappa shape index (κ1) is 13.6. The summed E-state index contributed by atoms with van der Waals surface area (Å²) in [5, 5.41) is 5.57. The lowest BCUT2D eigenvalue weighted by atomic mass is 10.1. The summed E-state index contributed by atoms with van der Waals surface area (Å²) in [5.74, 6) is 1.91. The van der Waals surface area contributed by atoms with Gasteiger partial charge in [-0.25, -0.2) is 4.98 Å². The van der Waals surface area contributed by atoms with Crippen LogP contribution in [0.2, 0.25) is 0 Å². The highest BCUT2D eigenvalue weighted by Crippen LogP contribution is 2.30. The first-order valence-corrected chi connectivity index (χ1v) is 6.27. The summed E-state index contributed by atoms with van der Waals surface area (Å²) in [6.07, 6.45) is 0. The van der Waals surface area contributed by atoms with Gasteiger partial charge in [-0.15, -0.1) is 0 Å². The third kappa shape index (κ3) is 2.94. The molecular weight excluding hydrogens is 264 g/mol. The molecule has 0 radical (unpaired) electrons. The van der Waals surface area contributed by atoms with E-state index in [0.717, 1.165) is 5.56 Å². The fourth-order valence-corrected chi connectivity index (χ4v) is 1.89. The number of rotatable bonds is 5. The van der Waals surface area contributed by atoms with Crippen molar-refractivity contribution in [3.8, 4) is 11.5 Å². The molecule has 1 aromatic carbocycles. The van der Waals surface area contributed by atoms with Gasteiger partial charge in [0.25, 0.3) is 0 Å². The van der Waals surface area contributed by atoms with Crippen molar-refractivity contribution in [2.45, 2.75) is 13.0 Å². The number of hydrogen-bond acceptors (Lipinski definition) is 5. The maximum absolute atomic E-state index is 6.12. The van der Waals surface area contributed by atoms with E-state index in [9.17, 15) is 0 Å². The minimum atomic E-state index is -0.405. The summed E-state index contributed by atoms with van der Waals surface area (Å²) in [6, 6.07) is 5.14. The lowest BCUT2D eigenvalue weighted by Gasteiger charge is -2.13. The van der Waals surface area contributed by atoms with E-state index in [1.54, 1.807) is 7.11 Å². The Kier molecular flexibility index (Phi) is 4.18. The van der Waals surface area contributed by atoms with Crippen LogP contribution in [0.1, 0.15) is 24.4 Å². The van der Waals surface area contributed by atoms with Crippen LogP contribution in [0.3, 0.4) is 0 Å². The van der Waals surface area contributed by atoms with Gasteiger partial charge in [-0.1, -0.05) is 6.07 Å². The van der Waals surface area contributed by atoms with Gasteiger partial charge in [-0.2, -0.15) is 0 Å². The highest BCUT2D eigenvalue weighted by molar-refractivity contribution is 7.71. The Bertz CT molecular complexity index is 608. The Morgan fingerprint density at radius 1 is 1.37 bits per heavy atom. The quantitative estimate of drug-likeness (QED) is 0.728. The molecule has 0 saturated carbocycles. The van der Waals surface area contributed by atoms with E-state index >= 15 is 0 Å². The minimum Gasteiger partial charge on any atom is -0.493 e. The van der Waals surface area contributed by atoms with Crippen molar-refractivity contribution in [1.29, 1.82) is 0 Å². The third-order valence-electron chi connectivity index (χ3n) is 2.66. The van der Waals surface area contributed by atoms with Crippen LogP contribution in [0.5, 0.6) is 11.5 Å². The monoisotopic (exact) mass is 280 g/mol. The molecule has 2 aromatic rings. The summed E-state index contributed by atoms with van der Waals surface area (Å²) in [7, 11) is 1.59. The fraction of sp³-hybridized carbons (Fsp3) is 0.333. The Hall–Kier alpha value is -1.86. The molecule has 0 aliphatic carbocycles. The predicted molar refractivity (Wildman–Crippen MR) is 74.0 cm³/mol. The van der Waals surface area contributed by atoms with E-state index in [2.05, 4.69) is 15.2 Å². The SMILES string of the molecule is CCOc1ccc(C(N)c2nc(=S)[nH][nH]2)cc1OC. The maximum atomic E-state index is 6.12. The van der Waals surface area contributed by atoms with Crippen LogP contribution in [0.25, 0.3) is 0 Å². The molecule has 7 heteroatoms. The zero-order chi connectivity index (χ0) is 13.8. The summed E-state index contributed by atoms with van der Waals surface area (Å²) in [6.45, 7) is 2.50. The van der Waals surface area contributed by atoms with Gasteiger partial charge < -0.3 is 15.2 Å². The third-order valence-corrected chi connectivity index (χ3v) is 2.85. The van der Waals surface area contributed by atoms with Crippen LogP contribution in [0.15, 0.2) is 18.2 Å². The molecule has 1 aromatic heterocycles. The first-order chi connectivity index (χ1) is 9.15. The smallest absolute Gasteiger partial charge is 0.213 e. The van der Waals surface area contributed by atoms with E-state index in [1.165, 1.54) is 0 Å². The van der Waals surface area contributed by atoms with Crippen molar-refractivity contribution >= 4 is 12.2 Å². The van der Waals surface area contributed by atoms with Gasteiger partial charge in [0.05, 0.1) is 19.8 Å². The van der Waals surface area contributed by atoms with E-state index in [-0.39, 0.29) is 0 Å². The predicted octanol–water partition coefficient (Wildman–Crippen LogP) is 1.92. The van der Waals surface area contributed by atoms with Crippen molar-refractivity contribution in [3.63, 3.8) is 0 Å². The fourth-order valence-electron chi connectivity index (χ4n) is 1.74. The maximum Gasteiger partial charge on any atom is 0.213 e. The molecule has 0 spiro atoms. The number of benzene rings is 1. The Balaban J connectivity index is 2.32. The highest BCUT2D eigenvalue weighted by Gasteiger charge is 2.15. The summed E-state index contributed by atoms with van der Waals surface area (Å²) in [4.78, 5) is 4.11. The number of aromatic amines is 2. The summed E-state index contributed by atoms with van der Waals surface area (Å²) in [5.41, 5.74) is 6.98. The molecule has 0 bridgehead atoms. The average Bonchev–Trinajstić information content (AvgIpc) is 2.85. The number of methoxy groups -OCH3 is 1. The van der Waals surface area contributed by atoms with E-state index in [4.69, 9.17) is 27.4 Å². The lowest BCUT2D eigenvalue weighted by Crippen LogP contribution is -2.14. The summed E-state index contributed by atoms with van der Waals surface area (Å²) >= 11 is 4.91. The number of hydrogen-bond donors (Lipinski definition) is 3. The number of nitrogens with zero attached hydrogens (tertiary/aromatic N) is 1. The van der Waals surface area contributed by atoms with E-state index in [0.29, 0.717) is 28.7 Å². The Labute approximate surface area is 115 Å². The van der Waals surface area contributed by atoms with Gasteiger partial charge in [-0.05, 0) is 36.8 Å². The van der Waals surface area contributed by atoms with Gasteiger partial charge in [-0.3, -0.25) is 10.2 Å².